The van der Waals surface area contributed by atoms with Gasteiger partial charge in [-0.25, -0.2) is 0 Å². The van der Waals surface area contributed by atoms with Gasteiger partial charge in [0.2, 0.25) is 0 Å². The Bertz CT molecular complexity index is 45.8. The molecule has 2 N–H and O–H groups in total. The summed E-state index contributed by atoms with van der Waals surface area (Å²) < 4.78 is 2.94. The molecule has 1 nitrogen and oxygen atoms in total. The molecule has 0 aliphatic carbocycles. The Hall–Kier alpha value is 0.759. The van der Waals surface area contributed by atoms with Crippen LogP contribution in [-0.4, -0.2) is 27.2 Å². The molecule has 0 saturated heterocycles. The Morgan fingerprint density at radius 2 is 2.25 bits per heavy atom. The van der Waals surface area contributed by atoms with E-state index in [-0.39, 0.29) is 21.1 Å². The van der Waals surface area contributed by atoms with Gasteiger partial charge in [0.25, 0.3) is 0 Å². The van der Waals surface area contributed by atoms with Crippen LogP contribution < -0.4 is 5.73 Å². The van der Waals surface area contributed by atoms with Crippen LogP contribution in [0.1, 0.15) is 20.3 Å². The Morgan fingerprint density at radius 1 is 1.62 bits per heavy atom. The van der Waals surface area contributed by atoms with Crippen LogP contribution in [0.5, 0.6) is 0 Å². The fourth-order valence-electron chi connectivity index (χ4n) is 0.507. The first kappa shape index (κ1) is 8.76. The number of rotatable bonds is 4. The second kappa shape index (κ2) is 5.89. The van der Waals surface area contributed by atoms with Crippen LogP contribution in [0.15, 0.2) is 0 Å². The molecule has 0 heterocycles. The van der Waals surface area contributed by atoms with Crippen molar-refractivity contribution in [2.24, 2.45) is 5.73 Å². The molecule has 0 saturated carbocycles. The minimum atomic E-state index is 0.0669. The van der Waals surface area contributed by atoms with Crippen molar-refractivity contribution in [1.29, 1.82) is 0 Å². The molecule has 0 aliphatic rings. The molecule has 1 unspecified atom stereocenters. The molecule has 0 fully saturated rings. The minimum absolute atomic E-state index is 0.0669. The van der Waals surface area contributed by atoms with Crippen molar-refractivity contribution in [1.82, 2.24) is 0 Å². The van der Waals surface area contributed by atoms with Crippen molar-refractivity contribution in [3.8, 4) is 0 Å². The summed E-state index contributed by atoms with van der Waals surface area (Å²) in [7, 11) is 0. The van der Waals surface area contributed by atoms with E-state index in [2.05, 4.69) is 13.8 Å². The molecule has 0 bridgehead atoms. The second-order valence-electron chi connectivity index (χ2n) is 2.12. The molecule has 0 amide bonds. The number of nitrogens with two attached hydrogens (primary N) is 1. The van der Waals surface area contributed by atoms with Crippen molar-refractivity contribution in [2.75, 3.05) is 0 Å². The van der Waals surface area contributed by atoms with Gasteiger partial charge in [-0.05, 0) is 0 Å². The van der Waals surface area contributed by atoms with Gasteiger partial charge in [0, 0.05) is 0 Å². The van der Waals surface area contributed by atoms with E-state index in [0.717, 1.165) is 0 Å². The van der Waals surface area contributed by atoms with Gasteiger partial charge in [-0.2, -0.15) is 0 Å². The topological polar surface area (TPSA) is 26.0 Å². The monoisotopic (exact) mass is 221 g/mol. The zero-order valence-corrected chi connectivity index (χ0v) is 8.63. The van der Waals surface area contributed by atoms with Gasteiger partial charge in [0.1, 0.15) is 0 Å². The quantitative estimate of drug-likeness (QED) is 0.560. The summed E-state index contributed by atoms with van der Waals surface area (Å²) in [5, 5.41) is 0. The fourth-order valence-corrected chi connectivity index (χ4v) is 3.40. The summed E-state index contributed by atoms with van der Waals surface area (Å²) in [6.45, 7) is 4.38. The van der Waals surface area contributed by atoms with Gasteiger partial charge in [-0.3, -0.25) is 0 Å². The predicted molar refractivity (Wildman–Crippen MR) is 39.3 cm³/mol. The van der Waals surface area contributed by atoms with Crippen LogP contribution in [0.2, 0.25) is 8.87 Å². The first-order valence-electron chi connectivity index (χ1n) is 3.23. The molecule has 1 atom stereocenters. The zero-order chi connectivity index (χ0) is 6.41. The number of hydrogen-bond acceptors (Lipinski definition) is 1. The molecule has 0 aromatic rings. The van der Waals surface area contributed by atoms with Crippen molar-refractivity contribution < 1.29 is 0 Å². The second-order valence-corrected chi connectivity index (χ2v) is 6.99. The average Bonchev–Trinajstić information content (AvgIpc) is 1.66. The van der Waals surface area contributed by atoms with Crippen LogP contribution in [-0.2, 0) is 0 Å². The summed E-state index contributed by atoms with van der Waals surface area (Å²) in [4.78, 5) is 0. The van der Waals surface area contributed by atoms with Crippen LogP contribution in [0.3, 0.4) is 0 Å². The van der Waals surface area contributed by atoms with Gasteiger partial charge < -0.3 is 0 Å². The van der Waals surface area contributed by atoms with E-state index in [1.54, 1.807) is 0 Å². The molecule has 8 heavy (non-hydrogen) atoms. The van der Waals surface area contributed by atoms with E-state index in [1.165, 1.54) is 15.3 Å². The summed E-state index contributed by atoms with van der Waals surface area (Å²) in [5.74, 6) is 0. The molecule has 2 heteroatoms. The number of hydrogen-bond donors (Lipinski definition) is 1. The molecule has 0 rings (SSSR count). The van der Waals surface area contributed by atoms with E-state index in [9.17, 15) is 0 Å². The fraction of sp³-hybridized carbons (Fsp3) is 1.00. The van der Waals surface area contributed by atoms with Crippen molar-refractivity contribution >= 4 is 21.1 Å². The van der Waals surface area contributed by atoms with E-state index < -0.39 is 0 Å². The molecule has 0 aliphatic heterocycles. The first-order valence-corrected chi connectivity index (χ1v) is 7.27. The van der Waals surface area contributed by atoms with E-state index in [1.807, 2.05) is 0 Å². The molecule has 0 spiro atoms. The maximum absolute atomic E-state index is 5.56. The van der Waals surface area contributed by atoms with Gasteiger partial charge in [-0.15, -0.1) is 0 Å². The maximum atomic E-state index is 5.56. The summed E-state index contributed by atoms with van der Waals surface area (Å²) in [5.41, 5.74) is 5.56. The third-order valence-corrected chi connectivity index (χ3v) is 4.29. The zero-order valence-electron chi connectivity index (χ0n) is 5.78. The SMILES string of the molecule is C[CH2][Sn][CH2]CC(C)N. The van der Waals surface area contributed by atoms with Crippen molar-refractivity contribution in [3.05, 3.63) is 0 Å². The van der Waals surface area contributed by atoms with Crippen LogP contribution >= 0.6 is 0 Å². The van der Waals surface area contributed by atoms with Gasteiger partial charge in [-0.1, -0.05) is 0 Å². The third kappa shape index (κ3) is 6.76. The van der Waals surface area contributed by atoms with Crippen LogP contribution in [0, 0.1) is 0 Å². The van der Waals surface area contributed by atoms with Crippen LogP contribution in [0.25, 0.3) is 0 Å². The van der Waals surface area contributed by atoms with Crippen molar-refractivity contribution in [2.45, 2.75) is 35.2 Å². The van der Waals surface area contributed by atoms with E-state index >= 15 is 0 Å². The Morgan fingerprint density at radius 3 is 2.62 bits per heavy atom. The van der Waals surface area contributed by atoms with E-state index in [0.29, 0.717) is 6.04 Å². The van der Waals surface area contributed by atoms with Gasteiger partial charge in [0.15, 0.2) is 0 Å². The molecule has 0 aromatic heterocycles. The molecular weight excluding hydrogens is 205 g/mol. The third-order valence-electron chi connectivity index (χ3n) is 1.03. The Labute approximate surface area is 62.2 Å². The van der Waals surface area contributed by atoms with Crippen LogP contribution in [0.4, 0.5) is 0 Å². The van der Waals surface area contributed by atoms with Crippen molar-refractivity contribution in [3.63, 3.8) is 0 Å². The summed E-state index contributed by atoms with van der Waals surface area (Å²) in [6, 6.07) is 0.447. The molecule has 0 aromatic carbocycles. The standard InChI is InChI=1S/C4H10N.C2H5.Sn/c1-3-4(2)5;1-2;/h4H,1,3,5H2,2H3;1H2,2H3;. The predicted octanol–water partition coefficient (Wildman–Crippen LogP) is 1.28. The van der Waals surface area contributed by atoms with Gasteiger partial charge in [0.05, 0.1) is 0 Å². The first-order chi connectivity index (χ1) is 3.77. The molecular formula is C6H15NSn. The summed E-state index contributed by atoms with van der Waals surface area (Å²) in [6.07, 6.45) is 1.26. The average molecular weight is 220 g/mol. The Balaban J connectivity index is 2.72. The van der Waals surface area contributed by atoms with E-state index in [4.69, 9.17) is 5.73 Å². The summed E-state index contributed by atoms with van der Waals surface area (Å²) >= 11 is 0.0669. The van der Waals surface area contributed by atoms with Gasteiger partial charge >= 0.3 is 62.1 Å². The Kier molecular flexibility index (Phi) is 6.45. The normalized spacial score (nSPS) is 13.9. The molecule has 48 valence electrons. The molecule has 2 radical (unpaired) electrons.